The third kappa shape index (κ3) is 1.77. The topological polar surface area (TPSA) is 72.6 Å². The number of carbonyl (C=O) groups is 1. The lowest BCUT2D eigenvalue weighted by molar-refractivity contribution is 0.0682. The van der Waals surface area contributed by atoms with Crippen LogP contribution in [0.4, 0.5) is 0 Å². The molecule has 14 heavy (non-hydrogen) atoms. The number of rotatable bonds is 2. The Hall–Kier alpha value is -1.36. The maximum atomic E-state index is 10.5. The SMILES string of the molecule is O=C(O)c1cc(C2CCCOC2)on1. The van der Waals surface area contributed by atoms with E-state index in [-0.39, 0.29) is 11.6 Å². The molecule has 1 saturated heterocycles. The Morgan fingerprint density at radius 3 is 3.07 bits per heavy atom. The zero-order chi connectivity index (χ0) is 9.97. The predicted molar refractivity (Wildman–Crippen MR) is 46.3 cm³/mol. The first-order valence-corrected chi connectivity index (χ1v) is 4.55. The molecular weight excluding hydrogens is 186 g/mol. The third-order valence-corrected chi connectivity index (χ3v) is 2.31. The van der Waals surface area contributed by atoms with Gasteiger partial charge < -0.3 is 14.4 Å². The van der Waals surface area contributed by atoms with Gasteiger partial charge in [0.2, 0.25) is 0 Å². The van der Waals surface area contributed by atoms with E-state index in [0.29, 0.717) is 12.4 Å². The normalized spacial score (nSPS) is 22.1. The Bertz CT molecular complexity index is 327. The molecular formula is C9H11NO4. The van der Waals surface area contributed by atoms with Gasteiger partial charge >= 0.3 is 5.97 Å². The van der Waals surface area contributed by atoms with Gasteiger partial charge in [0.15, 0.2) is 5.69 Å². The van der Waals surface area contributed by atoms with Crippen molar-refractivity contribution in [1.82, 2.24) is 5.16 Å². The van der Waals surface area contributed by atoms with Crippen LogP contribution in [0.15, 0.2) is 10.6 Å². The lowest BCUT2D eigenvalue weighted by atomic mass is 9.99. The third-order valence-electron chi connectivity index (χ3n) is 2.31. The van der Waals surface area contributed by atoms with Gasteiger partial charge in [-0.2, -0.15) is 0 Å². The van der Waals surface area contributed by atoms with E-state index in [9.17, 15) is 4.79 Å². The van der Waals surface area contributed by atoms with Gasteiger partial charge in [-0.25, -0.2) is 4.79 Å². The lowest BCUT2D eigenvalue weighted by Gasteiger charge is -2.18. The minimum Gasteiger partial charge on any atom is -0.476 e. The molecule has 1 aliphatic heterocycles. The summed E-state index contributed by atoms with van der Waals surface area (Å²) in [5, 5.41) is 12.1. The minimum absolute atomic E-state index is 0.0365. The first kappa shape index (κ1) is 9.21. The van der Waals surface area contributed by atoms with Gasteiger partial charge in [-0.05, 0) is 12.8 Å². The quantitative estimate of drug-likeness (QED) is 0.772. The maximum absolute atomic E-state index is 10.5. The molecule has 2 rings (SSSR count). The van der Waals surface area contributed by atoms with Crippen LogP contribution in [-0.4, -0.2) is 29.4 Å². The molecule has 1 aromatic heterocycles. The van der Waals surface area contributed by atoms with Gasteiger partial charge in [-0.1, -0.05) is 5.16 Å². The number of hydrogen-bond acceptors (Lipinski definition) is 4. The highest BCUT2D eigenvalue weighted by atomic mass is 16.5. The van der Waals surface area contributed by atoms with Crippen LogP contribution in [0.2, 0.25) is 0 Å². The average Bonchev–Trinajstić information content (AvgIpc) is 2.68. The number of carboxylic acid groups (broad SMARTS) is 1. The van der Waals surface area contributed by atoms with Crippen molar-refractivity contribution in [3.05, 3.63) is 17.5 Å². The number of aromatic carboxylic acids is 1. The summed E-state index contributed by atoms with van der Waals surface area (Å²) in [6, 6.07) is 1.47. The van der Waals surface area contributed by atoms with Crippen molar-refractivity contribution in [2.75, 3.05) is 13.2 Å². The first-order valence-electron chi connectivity index (χ1n) is 4.55. The molecule has 5 nitrogen and oxygen atoms in total. The molecule has 0 aromatic carbocycles. The summed E-state index contributed by atoms with van der Waals surface area (Å²) in [6.07, 6.45) is 1.95. The molecule has 0 radical (unpaired) electrons. The zero-order valence-corrected chi connectivity index (χ0v) is 7.60. The summed E-state index contributed by atoms with van der Waals surface area (Å²) >= 11 is 0. The Kier molecular flexibility index (Phi) is 2.49. The molecule has 0 amide bonds. The molecule has 1 aliphatic rings. The van der Waals surface area contributed by atoms with Crippen molar-refractivity contribution in [2.24, 2.45) is 0 Å². The molecule has 2 heterocycles. The second-order valence-corrected chi connectivity index (χ2v) is 3.33. The maximum Gasteiger partial charge on any atom is 0.358 e. The second-order valence-electron chi connectivity index (χ2n) is 3.33. The van der Waals surface area contributed by atoms with E-state index in [0.717, 1.165) is 19.4 Å². The highest BCUT2D eigenvalue weighted by Gasteiger charge is 2.21. The minimum atomic E-state index is -1.06. The van der Waals surface area contributed by atoms with Crippen LogP contribution in [0.25, 0.3) is 0 Å². The molecule has 0 bridgehead atoms. The van der Waals surface area contributed by atoms with E-state index in [2.05, 4.69) is 5.16 Å². The summed E-state index contributed by atoms with van der Waals surface area (Å²) in [5.41, 5.74) is -0.0365. The van der Waals surface area contributed by atoms with Gasteiger partial charge in [-0.15, -0.1) is 0 Å². The average molecular weight is 197 g/mol. The molecule has 0 saturated carbocycles. The molecule has 1 unspecified atom stereocenters. The van der Waals surface area contributed by atoms with Crippen molar-refractivity contribution < 1.29 is 19.2 Å². The molecule has 5 heteroatoms. The van der Waals surface area contributed by atoms with Gasteiger partial charge in [0.25, 0.3) is 0 Å². The van der Waals surface area contributed by atoms with Crippen LogP contribution in [0.1, 0.15) is 35.0 Å². The van der Waals surface area contributed by atoms with Crippen LogP contribution in [0.3, 0.4) is 0 Å². The number of nitrogens with zero attached hydrogens (tertiary/aromatic N) is 1. The van der Waals surface area contributed by atoms with Crippen molar-refractivity contribution in [2.45, 2.75) is 18.8 Å². The van der Waals surface area contributed by atoms with E-state index in [1.165, 1.54) is 6.07 Å². The highest BCUT2D eigenvalue weighted by molar-refractivity contribution is 5.85. The fourth-order valence-corrected chi connectivity index (χ4v) is 1.55. The van der Waals surface area contributed by atoms with Crippen molar-refractivity contribution in [3.8, 4) is 0 Å². The van der Waals surface area contributed by atoms with E-state index < -0.39 is 5.97 Å². The van der Waals surface area contributed by atoms with E-state index in [1.54, 1.807) is 0 Å². The largest absolute Gasteiger partial charge is 0.476 e. The smallest absolute Gasteiger partial charge is 0.358 e. The van der Waals surface area contributed by atoms with Crippen molar-refractivity contribution in [1.29, 1.82) is 0 Å². The molecule has 0 spiro atoms. The number of aromatic nitrogens is 1. The molecule has 1 N–H and O–H groups in total. The Morgan fingerprint density at radius 1 is 1.64 bits per heavy atom. The standard InChI is InChI=1S/C9H11NO4/c11-9(12)7-4-8(14-10-7)6-2-1-3-13-5-6/h4,6H,1-3,5H2,(H,11,12). The van der Waals surface area contributed by atoms with E-state index in [4.69, 9.17) is 14.4 Å². The molecule has 1 fully saturated rings. The van der Waals surface area contributed by atoms with Gasteiger partial charge in [0.1, 0.15) is 5.76 Å². The molecule has 1 aromatic rings. The lowest BCUT2D eigenvalue weighted by Crippen LogP contribution is -2.14. The number of ether oxygens (including phenoxy) is 1. The monoisotopic (exact) mass is 197 g/mol. The highest BCUT2D eigenvalue weighted by Crippen LogP contribution is 2.25. The summed E-state index contributed by atoms with van der Waals surface area (Å²) in [6.45, 7) is 1.37. The summed E-state index contributed by atoms with van der Waals surface area (Å²) in [7, 11) is 0. The molecule has 0 aliphatic carbocycles. The number of carboxylic acids is 1. The fourth-order valence-electron chi connectivity index (χ4n) is 1.55. The van der Waals surface area contributed by atoms with Crippen LogP contribution in [0.5, 0.6) is 0 Å². The van der Waals surface area contributed by atoms with Gasteiger partial charge in [0, 0.05) is 18.6 Å². The fraction of sp³-hybridized carbons (Fsp3) is 0.556. The Labute approximate surface area is 80.6 Å². The predicted octanol–water partition coefficient (Wildman–Crippen LogP) is 1.27. The molecule has 1 atom stereocenters. The van der Waals surface area contributed by atoms with Gasteiger partial charge in [-0.3, -0.25) is 0 Å². The Morgan fingerprint density at radius 2 is 2.50 bits per heavy atom. The summed E-state index contributed by atoms with van der Waals surface area (Å²) in [4.78, 5) is 10.5. The zero-order valence-electron chi connectivity index (χ0n) is 7.60. The van der Waals surface area contributed by atoms with E-state index in [1.807, 2.05) is 0 Å². The van der Waals surface area contributed by atoms with Crippen LogP contribution in [0, 0.1) is 0 Å². The summed E-state index contributed by atoms with van der Waals surface area (Å²) < 4.78 is 10.2. The van der Waals surface area contributed by atoms with Crippen molar-refractivity contribution >= 4 is 5.97 Å². The first-order chi connectivity index (χ1) is 6.77. The van der Waals surface area contributed by atoms with Crippen LogP contribution in [-0.2, 0) is 4.74 Å². The van der Waals surface area contributed by atoms with Crippen molar-refractivity contribution in [3.63, 3.8) is 0 Å². The second kappa shape index (κ2) is 3.79. The van der Waals surface area contributed by atoms with Gasteiger partial charge in [0.05, 0.1) is 6.61 Å². The summed E-state index contributed by atoms with van der Waals surface area (Å²) in [5.74, 6) is -0.289. The van der Waals surface area contributed by atoms with E-state index >= 15 is 0 Å². The molecule has 76 valence electrons. The van der Waals surface area contributed by atoms with Crippen LogP contribution < -0.4 is 0 Å². The van der Waals surface area contributed by atoms with Crippen LogP contribution >= 0.6 is 0 Å². The Balaban J connectivity index is 2.11. The number of hydrogen-bond donors (Lipinski definition) is 1.